The van der Waals surface area contributed by atoms with Gasteiger partial charge in [-0.2, -0.15) is 0 Å². The van der Waals surface area contributed by atoms with Gasteiger partial charge in [-0.05, 0) is 29.3 Å². The molecular formula is C15H14O2S2. The number of hydrogen-bond acceptors (Lipinski definition) is 4. The normalized spacial score (nSPS) is 17.8. The summed E-state index contributed by atoms with van der Waals surface area (Å²) in [5, 5.41) is 9.87. The van der Waals surface area contributed by atoms with Crippen molar-refractivity contribution in [1.29, 1.82) is 0 Å². The Morgan fingerprint density at radius 3 is 2.84 bits per heavy atom. The number of benzene rings is 2. The molecule has 2 aromatic rings. The van der Waals surface area contributed by atoms with Crippen LogP contribution >= 0.6 is 23.5 Å². The SMILES string of the molecule is COc1ccc(C2SCc3ccccc3S2)cc1O. The second-order valence-corrected chi connectivity index (χ2v) is 6.84. The van der Waals surface area contributed by atoms with Gasteiger partial charge in [0.25, 0.3) is 0 Å². The summed E-state index contributed by atoms with van der Waals surface area (Å²) in [6.07, 6.45) is 0. The van der Waals surface area contributed by atoms with Gasteiger partial charge in [-0.3, -0.25) is 0 Å². The van der Waals surface area contributed by atoms with Crippen molar-refractivity contribution in [1.82, 2.24) is 0 Å². The Hall–Kier alpha value is -1.26. The first-order valence-corrected chi connectivity index (χ1v) is 7.94. The molecular weight excluding hydrogens is 276 g/mol. The van der Waals surface area contributed by atoms with Crippen LogP contribution in [0.3, 0.4) is 0 Å². The maximum atomic E-state index is 9.87. The van der Waals surface area contributed by atoms with Gasteiger partial charge in [-0.15, -0.1) is 23.5 Å². The summed E-state index contributed by atoms with van der Waals surface area (Å²) in [4.78, 5) is 1.33. The number of methoxy groups -OCH3 is 1. The van der Waals surface area contributed by atoms with Crippen LogP contribution in [-0.4, -0.2) is 12.2 Å². The van der Waals surface area contributed by atoms with Crippen LogP contribution < -0.4 is 4.74 Å². The summed E-state index contributed by atoms with van der Waals surface area (Å²) in [6.45, 7) is 0. The lowest BCUT2D eigenvalue weighted by atomic mass is 10.2. The fourth-order valence-electron chi connectivity index (χ4n) is 2.07. The van der Waals surface area contributed by atoms with Crippen LogP contribution in [0.25, 0.3) is 0 Å². The van der Waals surface area contributed by atoms with Crippen LogP contribution in [0.2, 0.25) is 0 Å². The molecule has 1 aliphatic heterocycles. The Balaban J connectivity index is 1.87. The van der Waals surface area contributed by atoms with Crippen molar-refractivity contribution in [3.8, 4) is 11.5 Å². The lowest BCUT2D eigenvalue weighted by Gasteiger charge is -2.24. The van der Waals surface area contributed by atoms with Gasteiger partial charge < -0.3 is 9.84 Å². The topological polar surface area (TPSA) is 29.5 Å². The van der Waals surface area contributed by atoms with Crippen molar-refractivity contribution in [3.63, 3.8) is 0 Å². The fourth-order valence-corrected chi connectivity index (χ4v) is 4.83. The number of rotatable bonds is 2. The molecule has 0 saturated carbocycles. The molecule has 3 rings (SSSR count). The van der Waals surface area contributed by atoms with Gasteiger partial charge in [-0.1, -0.05) is 24.3 Å². The average molecular weight is 290 g/mol. The third kappa shape index (κ3) is 2.55. The second-order valence-electron chi connectivity index (χ2n) is 4.30. The van der Waals surface area contributed by atoms with Crippen LogP contribution in [0.5, 0.6) is 11.5 Å². The minimum absolute atomic E-state index is 0.208. The van der Waals surface area contributed by atoms with E-state index in [0.29, 0.717) is 10.3 Å². The quantitative estimate of drug-likeness (QED) is 0.885. The minimum Gasteiger partial charge on any atom is -0.504 e. The Bertz CT molecular complexity index is 598. The van der Waals surface area contributed by atoms with E-state index in [0.717, 1.165) is 11.3 Å². The second kappa shape index (κ2) is 5.39. The molecule has 1 N–H and O–H groups in total. The molecule has 98 valence electrons. The van der Waals surface area contributed by atoms with Gasteiger partial charge in [0.05, 0.1) is 11.7 Å². The zero-order valence-electron chi connectivity index (χ0n) is 10.5. The van der Waals surface area contributed by atoms with E-state index in [1.807, 2.05) is 35.7 Å². The van der Waals surface area contributed by atoms with Crippen molar-refractivity contribution in [2.24, 2.45) is 0 Å². The summed E-state index contributed by atoms with van der Waals surface area (Å²) in [5.74, 6) is 1.75. The molecule has 0 spiro atoms. The largest absolute Gasteiger partial charge is 0.504 e. The van der Waals surface area contributed by atoms with E-state index in [4.69, 9.17) is 4.74 Å². The summed E-state index contributed by atoms with van der Waals surface area (Å²) < 4.78 is 5.41. The van der Waals surface area contributed by atoms with E-state index in [1.54, 1.807) is 13.2 Å². The Morgan fingerprint density at radius 2 is 2.05 bits per heavy atom. The Kier molecular flexibility index (Phi) is 3.62. The van der Waals surface area contributed by atoms with Crippen LogP contribution in [0.4, 0.5) is 0 Å². The number of hydrogen-bond donors (Lipinski definition) is 1. The van der Waals surface area contributed by atoms with E-state index in [2.05, 4.69) is 24.3 Å². The molecule has 2 aromatic carbocycles. The lowest BCUT2D eigenvalue weighted by Crippen LogP contribution is -1.99. The Labute approximate surface area is 121 Å². The first-order chi connectivity index (χ1) is 9.28. The molecule has 1 aliphatic rings. The number of thioether (sulfide) groups is 2. The summed E-state index contributed by atoms with van der Waals surface area (Å²) in [6, 6.07) is 14.2. The maximum absolute atomic E-state index is 9.87. The fraction of sp³-hybridized carbons (Fsp3) is 0.200. The first-order valence-electron chi connectivity index (χ1n) is 6.01. The molecule has 0 bridgehead atoms. The predicted octanol–water partition coefficient (Wildman–Crippen LogP) is 4.44. The van der Waals surface area contributed by atoms with Gasteiger partial charge in [0.2, 0.25) is 0 Å². The first kappa shape index (κ1) is 12.8. The summed E-state index contributed by atoms with van der Waals surface area (Å²) in [7, 11) is 1.56. The smallest absolute Gasteiger partial charge is 0.160 e. The third-order valence-corrected chi connectivity index (χ3v) is 5.96. The molecule has 0 radical (unpaired) electrons. The zero-order chi connectivity index (χ0) is 13.2. The molecule has 19 heavy (non-hydrogen) atoms. The van der Waals surface area contributed by atoms with Crippen LogP contribution in [0.1, 0.15) is 15.7 Å². The number of phenols is 1. The highest BCUT2D eigenvalue weighted by atomic mass is 32.2. The van der Waals surface area contributed by atoms with Gasteiger partial charge in [-0.25, -0.2) is 0 Å². The molecule has 0 aliphatic carbocycles. The van der Waals surface area contributed by atoms with Gasteiger partial charge >= 0.3 is 0 Å². The number of phenolic OH excluding ortho intramolecular Hbond substituents is 1. The molecule has 2 nitrogen and oxygen atoms in total. The highest BCUT2D eigenvalue weighted by molar-refractivity contribution is 8.16. The Morgan fingerprint density at radius 1 is 1.21 bits per heavy atom. The van der Waals surface area contributed by atoms with Crippen LogP contribution in [-0.2, 0) is 5.75 Å². The third-order valence-electron chi connectivity index (χ3n) is 3.07. The van der Waals surface area contributed by atoms with E-state index >= 15 is 0 Å². The summed E-state index contributed by atoms with van der Waals surface area (Å²) in [5.41, 5.74) is 2.52. The lowest BCUT2D eigenvalue weighted by molar-refractivity contribution is 0.373. The molecule has 4 heteroatoms. The van der Waals surface area contributed by atoms with Crippen molar-refractivity contribution in [2.75, 3.05) is 7.11 Å². The number of fused-ring (bicyclic) bond motifs is 1. The van der Waals surface area contributed by atoms with E-state index in [9.17, 15) is 5.11 Å². The standard InChI is InChI=1S/C15H14O2S2/c1-17-13-7-6-10(8-12(13)16)15-18-9-11-4-2-3-5-14(11)19-15/h2-8,15-16H,9H2,1H3. The predicted molar refractivity (Wildman–Crippen MR) is 81.0 cm³/mol. The van der Waals surface area contributed by atoms with E-state index in [1.165, 1.54) is 10.5 Å². The van der Waals surface area contributed by atoms with E-state index in [-0.39, 0.29) is 5.75 Å². The maximum Gasteiger partial charge on any atom is 0.160 e. The summed E-state index contributed by atoms with van der Waals surface area (Å²) >= 11 is 3.74. The molecule has 0 saturated heterocycles. The molecule has 0 aromatic heterocycles. The molecule has 0 fully saturated rings. The van der Waals surface area contributed by atoms with Gasteiger partial charge in [0.1, 0.15) is 0 Å². The van der Waals surface area contributed by atoms with Crippen molar-refractivity contribution < 1.29 is 9.84 Å². The highest BCUT2D eigenvalue weighted by Crippen LogP contribution is 2.51. The molecule has 1 heterocycles. The zero-order valence-corrected chi connectivity index (χ0v) is 12.1. The average Bonchev–Trinajstić information content (AvgIpc) is 2.46. The van der Waals surface area contributed by atoms with E-state index < -0.39 is 0 Å². The van der Waals surface area contributed by atoms with Crippen molar-refractivity contribution in [2.45, 2.75) is 15.2 Å². The molecule has 1 unspecified atom stereocenters. The highest BCUT2D eigenvalue weighted by Gasteiger charge is 2.21. The van der Waals surface area contributed by atoms with Crippen LogP contribution in [0, 0.1) is 0 Å². The van der Waals surface area contributed by atoms with Crippen molar-refractivity contribution in [3.05, 3.63) is 53.6 Å². The number of aromatic hydroxyl groups is 1. The van der Waals surface area contributed by atoms with Gasteiger partial charge in [0, 0.05) is 10.6 Å². The molecule has 1 atom stereocenters. The monoisotopic (exact) mass is 290 g/mol. The van der Waals surface area contributed by atoms with Crippen LogP contribution in [0.15, 0.2) is 47.4 Å². The van der Waals surface area contributed by atoms with Gasteiger partial charge in [0.15, 0.2) is 11.5 Å². The number of ether oxygens (including phenoxy) is 1. The minimum atomic E-state index is 0.208. The van der Waals surface area contributed by atoms with Crippen molar-refractivity contribution >= 4 is 23.5 Å². The molecule has 0 amide bonds.